The van der Waals surface area contributed by atoms with Crippen LogP contribution in [0, 0.1) is 12.3 Å². The molecule has 55 valence electrons. The fraction of sp³-hybridized carbons (Fsp3) is 0.111. The number of thiophene rings is 2. The Morgan fingerprint density at radius 1 is 1.18 bits per heavy atom. The van der Waals surface area contributed by atoms with Gasteiger partial charge in [0.25, 0.3) is 0 Å². The summed E-state index contributed by atoms with van der Waals surface area (Å²) in [5, 5.41) is 3.09. The summed E-state index contributed by atoms with van der Waals surface area (Å²) in [6, 6.07) is 8.39. The molecule has 0 fully saturated rings. The molecule has 0 aliphatic heterocycles. The lowest BCUT2D eigenvalue weighted by Crippen LogP contribution is -1.55. The van der Waals surface area contributed by atoms with E-state index < -0.39 is 0 Å². The van der Waals surface area contributed by atoms with Gasteiger partial charge in [0.05, 0.1) is 0 Å². The lowest BCUT2D eigenvalue weighted by atomic mass is 10.4. The summed E-state index contributed by atoms with van der Waals surface area (Å²) < 4.78 is 0. The van der Waals surface area contributed by atoms with Gasteiger partial charge in [0, 0.05) is 20.0 Å². The van der Waals surface area contributed by atoms with Crippen molar-refractivity contribution in [2.75, 3.05) is 0 Å². The van der Waals surface area contributed by atoms with Gasteiger partial charge in [-0.2, -0.15) is 0 Å². The van der Waals surface area contributed by atoms with E-state index in [0.29, 0.717) is 0 Å². The van der Waals surface area contributed by atoms with Crippen molar-refractivity contribution in [3.8, 4) is 9.75 Å². The molecule has 0 atom stereocenters. The van der Waals surface area contributed by atoms with Crippen molar-refractivity contribution in [3.63, 3.8) is 0 Å². The van der Waals surface area contributed by atoms with Crippen molar-refractivity contribution in [3.05, 3.63) is 34.5 Å². The van der Waals surface area contributed by atoms with E-state index >= 15 is 0 Å². The molecule has 11 heavy (non-hydrogen) atoms. The van der Waals surface area contributed by atoms with Gasteiger partial charge in [0.2, 0.25) is 0 Å². The second-order valence-electron chi connectivity index (χ2n) is 2.33. The van der Waals surface area contributed by atoms with E-state index in [0.717, 1.165) is 0 Å². The second kappa shape index (κ2) is 2.80. The molecule has 2 heteroatoms. The fourth-order valence-electron chi connectivity index (χ4n) is 0.941. The average molecular weight is 179 g/mol. The molecule has 0 N–H and O–H groups in total. The van der Waals surface area contributed by atoms with Crippen LogP contribution in [-0.2, 0) is 0 Å². The summed E-state index contributed by atoms with van der Waals surface area (Å²) in [7, 11) is 0. The van der Waals surface area contributed by atoms with Gasteiger partial charge in [-0.3, -0.25) is 0 Å². The Morgan fingerprint density at radius 2 is 2.09 bits per heavy atom. The zero-order valence-electron chi connectivity index (χ0n) is 6.13. The van der Waals surface area contributed by atoms with Gasteiger partial charge in [-0.15, -0.1) is 22.7 Å². The third kappa shape index (κ3) is 1.37. The van der Waals surface area contributed by atoms with E-state index in [1.54, 1.807) is 11.3 Å². The van der Waals surface area contributed by atoms with Gasteiger partial charge in [-0.1, -0.05) is 0 Å². The SMILES string of the molecule is Cc1ccc(-c2cc[c]s2)s1. The van der Waals surface area contributed by atoms with Gasteiger partial charge < -0.3 is 0 Å². The first-order chi connectivity index (χ1) is 5.36. The lowest BCUT2D eigenvalue weighted by Gasteiger charge is -1.85. The van der Waals surface area contributed by atoms with Crippen molar-refractivity contribution >= 4 is 22.7 Å². The highest BCUT2D eigenvalue weighted by molar-refractivity contribution is 7.21. The number of hydrogen-bond acceptors (Lipinski definition) is 2. The molecule has 0 amide bonds. The molecule has 0 aliphatic carbocycles. The van der Waals surface area contributed by atoms with Crippen LogP contribution in [0.2, 0.25) is 0 Å². The minimum absolute atomic E-state index is 1.32. The summed E-state index contributed by atoms with van der Waals surface area (Å²) in [4.78, 5) is 4.05. The molecule has 2 aromatic heterocycles. The molecule has 0 aliphatic rings. The van der Waals surface area contributed by atoms with Crippen LogP contribution in [0.25, 0.3) is 9.75 Å². The van der Waals surface area contributed by atoms with E-state index in [1.165, 1.54) is 14.6 Å². The van der Waals surface area contributed by atoms with E-state index in [2.05, 4.69) is 30.5 Å². The maximum atomic E-state index is 3.09. The summed E-state index contributed by atoms with van der Waals surface area (Å²) in [6.45, 7) is 2.13. The highest BCUT2D eigenvalue weighted by Gasteiger charge is 1.99. The summed E-state index contributed by atoms with van der Waals surface area (Å²) >= 11 is 3.51. The molecule has 0 spiro atoms. The van der Waals surface area contributed by atoms with Crippen LogP contribution in [-0.4, -0.2) is 0 Å². The maximum absolute atomic E-state index is 3.09. The Labute approximate surface area is 74.1 Å². The van der Waals surface area contributed by atoms with Crippen molar-refractivity contribution in [2.45, 2.75) is 6.92 Å². The number of hydrogen-bond donors (Lipinski definition) is 0. The first-order valence-electron chi connectivity index (χ1n) is 3.39. The van der Waals surface area contributed by atoms with E-state index in [4.69, 9.17) is 0 Å². The van der Waals surface area contributed by atoms with E-state index in [-0.39, 0.29) is 0 Å². The Balaban J connectivity index is 2.45. The van der Waals surface area contributed by atoms with Gasteiger partial charge in [-0.05, 0) is 31.2 Å². The van der Waals surface area contributed by atoms with Crippen LogP contribution >= 0.6 is 22.7 Å². The summed E-state index contributed by atoms with van der Waals surface area (Å²) in [5.41, 5.74) is 0. The Hall–Kier alpha value is -0.600. The van der Waals surface area contributed by atoms with Crippen LogP contribution < -0.4 is 0 Å². The number of rotatable bonds is 1. The molecule has 0 nitrogen and oxygen atoms in total. The van der Waals surface area contributed by atoms with Crippen molar-refractivity contribution in [1.82, 2.24) is 0 Å². The molecule has 0 bridgehead atoms. The highest BCUT2D eigenvalue weighted by atomic mass is 32.1. The number of aryl methyl sites for hydroxylation is 1. The molecule has 0 saturated heterocycles. The lowest BCUT2D eigenvalue weighted by molar-refractivity contribution is 1.64. The van der Waals surface area contributed by atoms with Crippen LogP contribution in [0.4, 0.5) is 0 Å². The minimum atomic E-state index is 1.32. The van der Waals surface area contributed by atoms with Crippen molar-refractivity contribution in [1.29, 1.82) is 0 Å². The second-order valence-corrected chi connectivity index (χ2v) is 4.50. The van der Waals surface area contributed by atoms with E-state index in [1.807, 2.05) is 17.4 Å². The van der Waals surface area contributed by atoms with E-state index in [9.17, 15) is 0 Å². The minimum Gasteiger partial charge on any atom is -0.140 e. The Kier molecular flexibility index (Phi) is 1.80. The molecule has 2 heterocycles. The molecule has 1 radical (unpaired) electrons. The third-order valence-corrected chi connectivity index (χ3v) is 3.45. The van der Waals surface area contributed by atoms with Crippen LogP contribution in [0.15, 0.2) is 24.3 Å². The monoisotopic (exact) mass is 179 g/mol. The maximum Gasteiger partial charge on any atom is 0.0449 e. The zero-order valence-corrected chi connectivity index (χ0v) is 7.76. The van der Waals surface area contributed by atoms with Gasteiger partial charge >= 0.3 is 0 Å². The van der Waals surface area contributed by atoms with Crippen LogP contribution in [0.1, 0.15) is 4.88 Å². The Bertz CT molecular complexity index is 330. The first-order valence-corrected chi connectivity index (χ1v) is 5.02. The predicted octanol–water partition coefficient (Wildman–Crippen LogP) is 3.59. The fourth-order valence-corrected chi connectivity index (χ4v) is 2.55. The molecule has 0 aromatic carbocycles. The predicted molar refractivity (Wildman–Crippen MR) is 51.2 cm³/mol. The summed E-state index contributed by atoms with van der Waals surface area (Å²) in [6.07, 6.45) is 0. The molecular formula is C9H7S2. The molecule has 2 aromatic rings. The average Bonchev–Trinajstić information content (AvgIpc) is 2.55. The summed E-state index contributed by atoms with van der Waals surface area (Å²) in [5.74, 6) is 0. The van der Waals surface area contributed by atoms with Gasteiger partial charge in [-0.25, -0.2) is 0 Å². The first kappa shape index (κ1) is 7.07. The standard InChI is InChI=1S/C9H7S2/c1-7-4-5-9(11-7)8-3-2-6-10-8/h2-5H,1H3. The van der Waals surface area contributed by atoms with Crippen molar-refractivity contribution < 1.29 is 0 Å². The smallest absolute Gasteiger partial charge is 0.0449 e. The Morgan fingerprint density at radius 3 is 2.64 bits per heavy atom. The van der Waals surface area contributed by atoms with Crippen LogP contribution in [0.5, 0.6) is 0 Å². The molecule has 0 saturated carbocycles. The largest absolute Gasteiger partial charge is 0.140 e. The van der Waals surface area contributed by atoms with Crippen molar-refractivity contribution in [2.24, 2.45) is 0 Å². The molecular weight excluding hydrogens is 172 g/mol. The van der Waals surface area contributed by atoms with Crippen LogP contribution in [0.3, 0.4) is 0 Å². The third-order valence-electron chi connectivity index (χ3n) is 1.45. The molecule has 2 rings (SSSR count). The van der Waals surface area contributed by atoms with Gasteiger partial charge in [0.15, 0.2) is 0 Å². The normalized spacial score (nSPS) is 10.3. The topological polar surface area (TPSA) is 0 Å². The molecule has 0 unspecified atom stereocenters. The quantitative estimate of drug-likeness (QED) is 0.627. The zero-order chi connectivity index (χ0) is 7.68. The highest BCUT2D eigenvalue weighted by Crippen LogP contribution is 2.30. The van der Waals surface area contributed by atoms with Gasteiger partial charge in [0.1, 0.15) is 0 Å².